The second-order valence-electron chi connectivity index (χ2n) is 2.66. The summed E-state index contributed by atoms with van der Waals surface area (Å²) in [4.78, 5) is 21.2. The van der Waals surface area contributed by atoms with Gasteiger partial charge in [0, 0.05) is 19.6 Å². The van der Waals surface area contributed by atoms with Crippen molar-refractivity contribution in [1.29, 1.82) is 0 Å². The highest BCUT2D eigenvalue weighted by atomic mass is 16.4. The molecule has 6 nitrogen and oxygen atoms in total. The van der Waals surface area contributed by atoms with E-state index in [1.807, 2.05) is 0 Å². The molecule has 0 aromatic rings. The van der Waals surface area contributed by atoms with Gasteiger partial charge in [0.1, 0.15) is 0 Å². The van der Waals surface area contributed by atoms with E-state index in [1.165, 1.54) is 6.92 Å². The minimum atomic E-state index is -0.931. The SMILES string of the molecule is CC(CNC(=O)NCCN)C(=O)O. The molecule has 2 amide bonds. The molecule has 5 N–H and O–H groups in total. The van der Waals surface area contributed by atoms with Gasteiger partial charge in [0.05, 0.1) is 5.92 Å². The highest BCUT2D eigenvalue weighted by Crippen LogP contribution is 1.90. The van der Waals surface area contributed by atoms with E-state index in [1.54, 1.807) is 0 Å². The van der Waals surface area contributed by atoms with Gasteiger partial charge in [0.25, 0.3) is 0 Å². The zero-order valence-corrected chi connectivity index (χ0v) is 7.54. The highest BCUT2D eigenvalue weighted by molar-refractivity contribution is 5.75. The lowest BCUT2D eigenvalue weighted by molar-refractivity contribution is -0.140. The van der Waals surface area contributed by atoms with Crippen molar-refractivity contribution in [3.8, 4) is 0 Å². The summed E-state index contributed by atoms with van der Waals surface area (Å²) >= 11 is 0. The molecule has 0 bridgehead atoms. The molecule has 0 spiro atoms. The molecule has 0 aromatic carbocycles. The van der Waals surface area contributed by atoms with Crippen LogP contribution < -0.4 is 16.4 Å². The first-order valence-electron chi connectivity index (χ1n) is 4.02. The molecule has 1 atom stereocenters. The summed E-state index contributed by atoms with van der Waals surface area (Å²) in [6.07, 6.45) is 0. The maximum absolute atomic E-state index is 10.9. The summed E-state index contributed by atoms with van der Waals surface area (Å²) in [7, 11) is 0. The van der Waals surface area contributed by atoms with Crippen molar-refractivity contribution in [3.05, 3.63) is 0 Å². The molecule has 0 aromatic heterocycles. The van der Waals surface area contributed by atoms with E-state index in [9.17, 15) is 9.59 Å². The van der Waals surface area contributed by atoms with Crippen LogP contribution in [-0.4, -0.2) is 36.7 Å². The van der Waals surface area contributed by atoms with E-state index in [4.69, 9.17) is 10.8 Å². The molecule has 0 rings (SSSR count). The van der Waals surface area contributed by atoms with E-state index in [0.717, 1.165) is 0 Å². The van der Waals surface area contributed by atoms with Gasteiger partial charge < -0.3 is 21.5 Å². The van der Waals surface area contributed by atoms with Crippen LogP contribution in [0, 0.1) is 5.92 Å². The zero-order chi connectivity index (χ0) is 10.3. The Morgan fingerprint density at radius 2 is 2.08 bits per heavy atom. The molecule has 0 radical (unpaired) electrons. The van der Waals surface area contributed by atoms with Crippen molar-refractivity contribution in [3.63, 3.8) is 0 Å². The molecule has 0 saturated carbocycles. The van der Waals surface area contributed by atoms with E-state index >= 15 is 0 Å². The Balaban J connectivity index is 3.52. The van der Waals surface area contributed by atoms with E-state index < -0.39 is 17.9 Å². The number of rotatable bonds is 5. The number of nitrogens with two attached hydrogens (primary N) is 1. The van der Waals surface area contributed by atoms with Crippen LogP contribution in [0.15, 0.2) is 0 Å². The number of aliphatic carboxylic acids is 1. The molecule has 0 aliphatic rings. The molecule has 0 saturated heterocycles. The Hall–Kier alpha value is -1.30. The Bertz CT molecular complexity index is 184. The predicted octanol–water partition coefficient (Wildman–Crippen LogP) is -1.03. The third kappa shape index (κ3) is 5.92. The van der Waals surface area contributed by atoms with Crippen LogP contribution in [0.1, 0.15) is 6.92 Å². The van der Waals surface area contributed by atoms with Crippen molar-refractivity contribution in [1.82, 2.24) is 10.6 Å². The summed E-state index contributed by atoms with van der Waals surface area (Å²) in [5.41, 5.74) is 5.14. The van der Waals surface area contributed by atoms with Crippen LogP contribution in [0.25, 0.3) is 0 Å². The van der Waals surface area contributed by atoms with Gasteiger partial charge in [-0.2, -0.15) is 0 Å². The first-order valence-corrected chi connectivity index (χ1v) is 4.02. The van der Waals surface area contributed by atoms with Crippen LogP contribution in [0.2, 0.25) is 0 Å². The number of hydrogen-bond donors (Lipinski definition) is 4. The first-order chi connectivity index (χ1) is 6.07. The van der Waals surface area contributed by atoms with Gasteiger partial charge in [-0.1, -0.05) is 6.92 Å². The number of hydrogen-bond acceptors (Lipinski definition) is 3. The van der Waals surface area contributed by atoms with E-state index in [-0.39, 0.29) is 6.54 Å². The standard InChI is InChI=1S/C7H15N3O3/c1-5(6(11)12)4-10-7(13)9-3-2-8/h5H,2-4,8H2,1H3,(H,11,12)(H2,9,10,13). The Labute approximate surface area is 76.5 Å². The van der Waals surface area contributed by atoms with Crippen molar-refractivity contribution < 1.29 is 14.7 Å². The fourth-order valence-corrected chi connectivity index (χ4v) is 0.581. The Morgan fingerprint density at radius 1 is 1.46 bits per heavy atom. The topological polar surface area (TPSA) is 104 Å². The van der Waals surface area contributed by atoms with Gasteiger partial charge in [-0.3, -0.25) is 4.79 Å². The molecule has 76 valence electrons. The van der Waals surface area contributed by atoms with Crippen LogP contribution in [0.4, 0.5) is 4.79 Å². The van der Waals surface area contributed by atoms with Crippen LogP contribution in [0.3, 0.4) is 0 Å². The number of carbonyl (C=O) groups is 2. The van der Waals surface area contributed by atoms with Gasteiger partial charge in [-0.05, 0) is 0 Å². The second-order valence-corrected chi connectivity index (χ2v) is 2.66. The largest absolute Gasteiger partial charge is 0.481 e. The summed E-state index contributed by atoms with van der Waals surface area (Å²) in [6, 6.07) is -0.390. The maximum atomic E-state index is 10.9. The molecule has 13 heavy (non-hydrogen) atoms. The summed E-state index contributed by atoms with van der Waals surface area (Å²) < 4.78 is 0. The summed E-state index contributed by atoms with van der Waals surface area (Å²) in [5, 5.41) is 13.4. The number of carboxylic acid groups (broad SMARTS) is 1. The fraction of sp³-hybridized carbons (Fsp3) is 0.714. The average molecular weight is 189 g/mol. The van der Waals surface area contributed by atoms with Crippen LogP contribution in [-0.2, 0) is 4.79 Å². The smallest absolute Gasteiger partial charge is 0.314 e. The van der Waals surface area contributed by atoms with Gasteiger partial charge in [-0.25, -0.2) is 4.79 Å². The molecule has 0 heterocycles. The van der Waals surface area contributed by atoms with Crippen molar-refractivity contribution in [2.45, 2.75) is 6.92 Å². The fourth-order valence-electron chi connectivity index (χ4n) is 0.581. The molecule has 0 aliphatic heterocycles. The lowest BCUT2D eigenvalue weighted by Crippen LogP contribution is -2.41. The monoisotopic (exact) mass is 189 g/mol. The lowest BCUT2D eigenvalue weighted by atomic mass is 10.2. The number of amides is 2. The Morgan fingerprint density at radius 3 is 2.54 bits per heavy atom. The Kier molecular flexibility index (Phi) is 5.62. The minimum Gasteiger partial charge on any atom is -0.481 e. The molecule has 0 aliphatic carbocycles. The molecule has 6 heteroatoms. The van der Waals surface area contributed by atoms with Crippen molar-refractivity contribution >= 4 is 12.0 Å². The van der Waals surface area contributed by atoms with Crippen LogP contribution in [0.5, 0.6) is 0 Å². The van der Waals surface area contributed by atoms with Gasteiger partial charge in [0.15, 0.2) is 0 Å². The highest BCUT2D eigenvalue weighted by Gasteiger charge is 2.11. The number of carbonyl (C=O) groups excluding carboxylic acids is 1. The normalized spacial score (nSPS) is 11.8. The molecule has 1 unspecified atom stereocenters. The van der Waals surface area contributed by atoms with Crippen LogP contribution >= 0.6 is 0 Å². The second kappa shape index (κ2) is 6.24. The van der Waals surface area contributed by atoms with Crippen molar-refractivity contribution in [2.75, 3.05) is 19.6 Å². The molecule has 0 fully saturated rings. The maximum Gasteiger partial charge on any atom is 0.314 e. The third-order valence-electron chi connectivity index (χ3n) is 1.42. The quantitative estimate of drug-likeness (QED) is 0.443. The number of urea groups is 1. The first kappa shape index (κ1) is 11.7. The molecular weight excluding hydrogens is 174 g/mol. The number of carboxylic acids is 1. The summed E-state index contributed by atoms with van der Waals surface area (Å²) in [6.45, 7) is 2.38. The minimum absolute atomic E-state index is 0.117. The average Bonchev–Trinajstić information content (AvgIpc) is 2.10. The van der Waals surface area contributed by atoms with Crippen molar-refractivity contribution in [2.24, 2.45) is 11.7 Å². The summed E-state index contributed by atoms with van der Waals surface area (Å²) in [5.74, 6) is -1.51. The molecular formula is C7H15N3O3. The van der Waals surface area contributed by atoms with Gasteiger partial charge in [0.2, 0.25) is 0 Å². The van der Waals surface area contributed by atoms with Gasteiger partial charge in [-0.15, -0.1) is 0 Å². The zero-order valence-electron chi connectivity index (χ0n) is 7.54. The lowest BCUT2D eigenvalue weighted by Gasteiger charge is -2.08. The van der Waals surface area contributed by atoms with E-state index in [2.05, 4.69) is 10.6 Å². The van der Waals surface area contributed by atoms with Gasteiger partial charge >= 0.3 is 12.0 Å². The third-order valence-corrected chi connectivity index (χ3v) is 1.42. The number of nitrogens with one attached hydrogen (secondary N) is 2. The predicted molar refractivity (Wildman–Crippen MR) is 47.3 cm³/mol. The van der Waals surface area contributed by atoms with E-state index in [0.29, 0.717) is 13.1 Å².